The fraction of sp³-hybridized carbons (Fsp3) is 0.303. The lowest BCUT2D eigenvalue weighted by Crippen LogP contribution is -2.38. The highest BCUT2D eigenvalue weighted by molar-refractivity contribution is 6.30. The van der Waals surface area contributed by atoms with Crippen LogP contribution in [0.2, 0.25) is 5.02 Å². The molecule has 1 aliphatic carbocycles. The first-order valence-electron chi connectivity index (χ1n) is 13.4. The fourth-order valence-corrected chi connectivity index (χ4v) is 5.96. The molecule has 6 nitrogen and oxygen atoms in total. The molecule has 0 bridgehead atoms. The highest BCUT2D eigenvalue weighted by Crippen LogP contribution is 2.50. The molecule has 1 heterocycles. The molecule has 0 amide bonds. The van der Waals surface area contributed by atoms with Gasteiger partial charge in [0.1, 0.15) is 5.92 Å². The smallest absolute Gasteiger partial charge is 0.315 e. The van der Waals surface area contributed by atoms with Crippen molar-refractivity contribution in [1.29, 1.82) is 0 Å². The van der Waals surface area contributed by atoms with Gasteiger partial charge < -0.3 is 14.2 Å². The number of halogens is 1. The highest BCUT2D eigenvalue weighted by atomic mass is 35.5. The summed E-state index contributed by atoms with van der Waals surface area (Å²) >= 11 is 6.10. The van der Waals surface area contributed by atoms with Gasteiger partial charge in [0, 0.05) is 46.3 Å². The molecular formula is C33H32ClNO5. The lowest BCUT2D eigenvalue weighted by molar-refractivity contribution is -0.146. The van der Waals surface area contributed by atoms with E-state index in [9.17, 15) is 9.59 Å². The molecule has 5 rings (SSSR count). The quantitative estimate of drug-likeness (QED) is 0.287. The van der Waals surface area contributed by atoms with E-state index in [4.69, 9.17) is 30.8 Å². The van der Waals surface area contributed by atoms with E-state index < -0.39 is 17.8 Å². The average molecular weight is 558 g/mol. The predicted octanol–water partition coefficient (Wildman–Crippen LogP) is 6.72. The minimum atomic E-state index is -0.772. The van der Waals surface area contributed by atoms with Crippen LogP contribution in [0.5, 0.6) is 11.5 Å². The number of rotatable bonds is 8. The second-order valence-corrected chi connectivity index (χ2v) is 10.6. The summed E-state index contributed by atoms with van der Waals surface area (Å²) in [6.45, 7) is 2.07. The van der Waals surface area contributed by atoms with E-state index in [1.54, 1.807) is 20.3 Å². The van der Waals surface area contributed by atoms with Crippen LogP contribution >= 0.6 is 11.6 Å². The van der Waals surface area contributed by atoms with Gasteiger partial charge in [-0.05, 0) is 48.6 Å². The molecule has 7 heteroatoms. The van der Waals surface area contributed by atoms with Gasteiger partial charge in [-0.2, -0.15) is 0 Å². The van der Waals surface area contributed by atoms with Crippen LogP contribution in [-0.2, 0) is 20.7 Å². The third-order valence-corrected chi connectivity index (χ3v) is 7.98. The van der Waals surface area contributed by atoms with Gasteiger partial charge in [-0.15, -0.1) is 0 Å². The number of allylic oxidation sites excluding steroid dienone is 2. The summed E-state index contributed by atoms with van der Waals surface area (Å²) in [5.41, 5.74) is 4.69. The number of para-hydroxylation sites is 1. The number of carbonyl (C=O) groups excluding carboxylic acids is 2. The maximum atomic E-state index is 13.9. The van der Waals surface area contributed by atoms with E-state index in [2.05, 4.69) is 0 Å². The van der Waals surface area contributed by atoms with Crippen molar-refractivity contribution in [2.24, 2.45) is 10.9 Å². The minimum Gasteiger partial charge on any atom is -0.493 e. The van der Waals surface area contributed by atoms with Gasteiger partial charge in [-0.3, -0.25) is 14.6 Å². The number of nitrogens with zero attached hydrogens (tertiary/aromatic N) is 1. The molecule has 3 atom stereocenters. The molecule has 0 N–H and O–H groups in total. The van der Waals surface area contributed by atoms with Crippen molar-refractivity contribution in [1.82, 2.24) is 0 Å². The van der Waals surface area contributed by atoms with Crippen LogP contribution in [-0.4, -0.2) is 38.3 Å². The predicted molar refractivity (Wildman–Crippen MR) is 155 cm³/mol. The van der Waals surface area contributed by atoms with E-state index in [0.29, 0.717) is 58.3 Å². The zero-order chi connectivity index (χ0) is 28.2. The third-order valence-electron chi connectivity index (χ3n) is 7.73. The molecule has 3 aromatic rings. The van der Waals surface area contributed by atoms with Crippen molar-refractivity contribution in [2.45, 2.75) is 38.0 Å². The first-order valence-corrected chi connectivity index (χ1v) is 13.8. The van der Waals surface area contributed by atoms with Crippen LogP contribution in [0, 0.1) is 5.92 Å². The molecule has 0 saturated heterocycles. The number of Topliss-reactive ketones (excluding diaryl/α,β-unsaturated/α-hetero) is 1. The normalized spacial score (nSPS) is 20.4. The summed E-state index contributed by atoms with van der Waals surface area (Å²) in [6, 6.07) is 23.0. The molecule has 1 aliphatic heterocycles. The van der Waals surface area contributed by atoms with Crippen molar-refractivity contribution in [3.05, 3.63) is 106 Å². The Morgan fingerprint density at radius 1 is 0.950 bits per heavy atom. The fourth-order valence-electron chi connectivity index (χ4n) is 5.83. The van der Waals surface area contributed by atoms with Gasteiger partial charge >= 0.3 is 5.97 Å². The number of benzene rings is 3. The number of aliphatic imine (C=N–C) groups is 1. The van der Waals surface area contributed by atoms with Gasteiger partial charge in [-0.1, -0.05) is 66.2 Å². The Kier molecular flexibility index (Phi) is 8.36. The van der Waals surface area contributed by atoms with Crippen LogP contribution in [0.15, 0.2) is 89.1 Å². The second kappa shape index (κ2) is 12.1. The monoisotopic (exact) mass is 557 g/mol. The first-order chi connectivity index (χ1) is 19.4. The van der Waals surface area contributed by atoms with Crippen molar-refractivity contribution in [3.8, 4) is 11.5 Å². The molecule has 206 valence electrons. The number of carbonyl (C=O) groups is 2. The Balaban J connectivity index is 1.53. The summed E-state index contributed by atoms with van der Waals surface area (Å²) in [4.78, 5) is 32.5. The zero-order valence-corrected chi connectivity index (χ0v) is 23.6. The average Bonchev–Trinajstić information content (AvgIpc) is 2.96. The third kappa shape index (κ3) is 5.54. The van der Waals surface area contributed by atoms with Crippen LogP contribution in [0.3, 0.4) is 0 Å². The summed E-state index contributed by atoms with van der Waals surface area (Å²) in [7, 11) is 3.13. The maximum absolute atomic E-state index is 13.9. The van der Waals surface area contributed by atoms with Gasteiger partial charge in [0.05, 0.1) is 20.8 Å². The van der Waals surface area contributed by atoms with Gasteiger partial charge in [0.25, 0.3) is 0 Å². The van der Waals surface area contributed by atoms with E-state index in [1.165, 1.54) is 0 Å². The number of hydrogen-bond acceptors (Lipinski definition) is 6. The molecule has 0 radical (unpaired) electrons. The van der Waals surface area contributed by atoms with Crippen molar-refractivity contribution < 1.29 is 23.8 Å². The molecule has 0 saturated carbocycles. The Bertz CT molecular complexity index is 1460. The Morgan fingerprint density at radius 2 is 1.70 bits per heavy atom. The molecule has 0 fully saturated rings. The molecule has 40 heavy (non-hydrogen) atoms. The van der Waals surface area contributed by atoms with Crippen LogP contribution in [0.1, 0.15) is 48.3 Å². The highest BCUT2D eigenvalue weighted by Gasteiger charge is 2.46. The van der Waals surface area contributed by atoms with Crippen molar-refractivity contribution >= 4 is 29.1 Å². The first kappa shape index (κ1) is 27.7. The van der Waals surface area contributed by atoms with Crippen molar-refractivity contribution in [3.63, 3.8) is 0 Å². The summed E-state index contributed by atoms with van der Waals surface area (Å²) in [5, 5.41) is 0.649. The summed E-state index contributed by atoms with van der Waals surface area (Å²) in [6.07, 6.45) is 1.49. The Labute approximate surface area is 239 Å². The number of hydrogen-bond donors (Lipinski definition) is 0. The lowest BCUT2D eigenvalue weighted by Gasteiger charge is -2.37. The van der Waals surface area contributed by atoms with Crippen LogP contribution < -0.4 is 9.47 Å². The van der Waals surface area contributed by atoms with Gasteiger partial charge in [0.2, 0.25) is 0 Å². The standard InChI is InChI=1S/C33H32ClNO5/c1-20-29(33(37)40-17-16-21-8-5-4-6-9-21)30(25-10-7-11-28(38-2)32(25)39-3)31-26(35-20)18-23(19-27(31)36)22-12-14-24(34)15-13-22/h4-15,23,29-30H,16-19H2,1-3H3/t23-,29?,30+/m0/s1. The molecule has 0 spiro atoms. The SMILES string of the molecule is COc1cccc([C@H]2C3=C(C[C@H](c4ccc(Cl)cc4)CC3=O)N=C(C)C2C(=O)OCCc2ccccc2)c1OC. The number of ketones is 1. The van der Waals surface area contributed by atoms with Crippen molar-refractivity contribution in [2.75, 3.05) is 20.8 Å². The minimum absolute atomic E-state index is 0.0257. The second-order valence-electron chi connectivity index (χ2n) is 10.1. The molecule has 3 aromatic carbocycles. The maximum Gasteiger partial charge on any atom is 0.315 e. The number of methoxy groups -OCH3 is 2. The van der Waals surface area contributed by atoms with E-state index in [-0.39, 0.29) is 18.3 Å². The summed E-state index contributed by atoms with van der Waals surface area (Å²) < 4.78 is 17.2. The van der Waals surface area contributed by atoms with E-state index >= 15 is 0 Å². The zero-order valence-electron chi connectivity index (χ0n) is 22.9. The van der Waals surface area contributed by atoms with Crippen LogP contribution in [0.4, 0.5) is 0 Å². The number of esters is 1. The Morgan fingerprint density at radius 3 is 2.40 bits per heavy atom. The molecular weight excluding hydrogens is 526 g/mol. The molecule has 1 unspecified atom stereocenters. The number of ether oxygens (including phenoxy) is 3. The van der Waals surface area contributed by atoms with E-state index in [1.807, 2.05) is 73.7 Å². The van der Waals surface area contributed by atoms with E-state index in [0.717, 1.165) is 11.1 Å². The largest absolute Gasteiger partial charge is 0.493 e. The molecule has 2 aliphatic rings. The lowest BCUT2D eigenvalue weighted by atomic mass is 9.69. The molecule has 0 aromatic heterocycles. The Hall–Kier alpha value is -3.90. The topological polar surface area (TPSA) is 74.2 Å². The van der Waals surface area contributed by atoms with Gasteiger partial charge in [-0.25, -0.2) is 0 Å². The summed E-state index contributed by atoms with van der Waals surface area (Å²) in [5.74, 6) is -0.831. The van der Waals surface area contributed by atoms with Crippen LogP contribution in [0.25, 0.3) is 0 Å². The van der Waals surface area contributed by atoms with Gasteiger partial charge in [0.15, 0.2) is 17.3 Å².